The molecule has 3 heterocycles. The maximum atomic E-state index is 13.6. The highest BCUT2D eigenvalue weighted by atomic mass is 127. The van der Waals surface area contributed by atoms with Gasteiger partial charge < -0.3 is 18.6 Å². The van der Waals surface area contributed by atoms with Crippen molar-refractivity contribution in [3.8, 4) is 11.5 Å². The number of fused-ring (bicyclic) bond motifs is 1. The Bertz CT molecular complexity index is 1430. The first kappa shape index (κ1) is 23.3. The zero-order valence-electron chi connectivity index (χ0n) is 18.4. The lowest BCUT2D eigenvalue weighted by atomic mass is 9.95. The van der Waals surface area contributed by atoms with Crippen molar-refractivity contribution in [2.75, 3.05) is 20.8 Å². The van der Waals surface area contributed by atoms with Crippen LogP contribution in [0.5, 0.6) is 11.5 Å². The van der Waals surface area contributed by atoms with Crippen LogP contribution in [0.25, 0.3) is 6.08 Å². The lowest BCUT2D eigenvalue weighted by molar-refractivity contribution is -0.139. The minimum Gasteiger partial charge on any atom is -0.497 e. The number of rotatable bonds is 6. The minimum atomic E-state index is -0.802. The molecular weight excluding hydrogens is 559 g/mol. The molecular formula is C23H21IN2O6S. The van der Waals surface area contributed by atoms with Crippen molar-refractivity contribution in [1.29, 1.82) is 0 Å². The van der Waals surface area contributed by atoms with E-state index in [2.05, 4.69) is 27.6 Å². The molecule has 3 aromatic rings. The molecule has 0 saturated heterocycles. The third kappa shape index (κ3) is 4.36. The molecule has 0 unspecified atom stereocenters. The second kappa shape index (κ2) is 9.56. The van der Waals surface area contributed by atoms with Crippen LogP contribution >= 0.6 is 33.9 Å². The van der Waals surface area contributed by atoms with Gasteiger partial charge in [-0.15, -0.1) is 0 Å². The average Bonchev–Trinajstić information content (AvgIpc) is 3.34. The molecule has 1 aliphatic heterocycles. The predicted octanol–water partition coefficient (Wildman–Crippen LogP) is 3.01. The molecule has 0 fully saturated rings. The molecule has 0 amide bonds. The Balaban J connectivity index is 2.02. The largest absolute Gasteiger partial charge is 0.497 e. The number of furan rings is 1. The predicted molar refractivity (Wildman–Crippen MR) is 131 cm³/mol. The van der Waals surface area contributed by atoms with Gasteiger partial charge in [-0.25, -0.2) is 9.79 Å². The van der Waals surface area contributed by atoms with Crippen molar-refractivity contribution in [3.63, 3.8) is 0 Å². The highest BCUT2D eigenvalue weighted by Crippen LogP contribution is 2.37. The van der Waals surface area contributed by atoms with Gasteiger partial charge in [-0.2, -0.15) is 0 Å². The molecule has 0 N–H and O–H groups in total. The average molecular weight is 580 g/mol. The maximum absolute atomic E-state index is 13.6. The van der Waals surface area contributed by atoms with Crippen LogP contribution in [0, 0.1) is 3.77 Å². The standard InChI is InChI=1S/C23H21IN2O6S/c1-5-31-22(28)19-12(2)25-23-26(20(19)15-10-13(29-3)6-8-16(15)30-4)21(27)17(33-23)11-14-7-9-18(24)32-14/h6-11,20H,5H2,1-4H3/b17-11+/t20-/m1/s1. The monoisotopic (exact) mass is 580 g/mol. The summed E-state index contributed by atoms with van der Waals surface area (Å²) in [6.07, 6.45) is 1.68. The third-order valence-electron chi connectivity index (χ3n) is 5.12. The van der Waals surface area contributed by atoms with Crippen LogP contribution in [-0.4, -0.2) is 31.4 Å². The van der Waals surface area contributed by atoms with E-state index < -0.39 is 12.0 Å². The van der Waals surface area contributed by atoms with Crippen LogP contribution in [0.1, 0.15) is 31.2 Å². The number of hydrogen-bond acceptors (Lipinski definition) is 8. The van der Waals surface area contributed by atoms with E-state index in [0.717, 1.165) is 0 Å². The Morgan fingerprint density at radius 3 is 2.70 bits per heavy atom. The molecule has 1 aromatic carbocycles. The summed E-state index contributed by atoms with van der Waals surface area (Å²) in [5.74, 6) is 1.09. The van der Waals surface area contributed by atoms with Crippen molar-refractivity contribution in [2.45, 2.75) is 19.9 Å². The fourth-order valence-electron chi connectivity index (χ4n) is 3.67. The summed E-state index contributed by atoms with van der Waals surface area (Å²) in [6.45, 7) is 3.66. The number of hydrogen-bond donors (Lipinski definition) is 0. The molecule has 0 aliphatic carbocycles. The summed E-state index contributed by atoms with van der Waals surface area (Å²) in [5, 5.41) is 0. The number of carbonyl (C=O) groups excluding carboxylic acids is 1. The van der Waals surface area contributed by atoms with Crippen LogP contribution in [0.15, 0.2) is 55.8 Å². The second-order valence-electron chi connectivity index (χ2n) is 7.05. The van der Waals surface area contributed by atoms with Gasteiger partial charge in [0.2, 0.25) is 0 Å². The van der Waals surface area contributed by atoms with E-state index in [4.69, 9.17) is 18.6 Å². The zero-order chi connectivity index (χ0) is 23.7. The van der Waals surface area contributed by atoms with Crippen LogP contribution in [-0.2, 0) is 9.53 Å². The van der Waals surface area contributed by atoms with Gasteiger partial charge in [0.05, 0.1) is 36.6 Å². The number of benzene rings is 1. The first-order valence-electron chi connectivity index (χ1n) is 10.0. The smallest absolute Gasteiger partial charge is 0.338 e. The van der Waals surface area contributed by atoms with E-state index in [-0.39, 0.29) is 17.7 Å². The molecule has 33 heavy (non-hydrogen) atoms. The second-order valence-corrected chi connectivity index (χ2v) is 9.12. The van der Waals surface area contributed by atoms with Gasteiger partial charge in [-0.1, -0.05) is 11.3 Å². The Hall–Kier alpha value is -2.86. The van der Waals surface area contributed by atoms with E-state index in [1.54, 1.807) is 51.3 Å². The van der Waals surface area contributed by atoms with Gasteiger partial charge in [0.1, 0.15) is 23.3 Å². The molecule has 0 bridgehead atoms. The molecule has 2 aromatic heterocycles. The Morgan fingerprint density at radius 2 is 2.06 bits per heavy atom. The Morgan fingerprint density at radius 1 is 1.27 bits per heavy atom. The highest BCUT2D eigenvalue weighted by Gasteiger charge is 2.35. The molecule has 0 spiro atoms. The number of nitrogens with zero attached hydrogens (tertiary/aromatic N) is 2. The SMILES string of the molecule is CCOC(=O)C1=C(C)N=c2s/c(=C/c3ccc(I)o3)c(=O)n2[C@@H]1c1cc(OC)ccc1OC. The number of ether oxygens (including phenoxy) is 3. The molecule has 0 radical (unpaired) electrons. The molecule has 1 aliphatic rings. The number of esters is 1. The number of halogens is 1. The van der Waals surface area contributed by atoms with Gasteiger partial charge in [0.25, 0.3) is 5.56 Å². The maximum Gasteiger partial charge on any atom is 0.338 e. The molecule has 8 nitrogen and oxygen atoms in total. The van der Waals surface area contributed by atoms with Crippen molar-refractivity contribution in [2.24, 2.45) is 4.99 Å². The van der Waals surface area contributed by atoms with Crippen molar-refractivity contribution < 1.29 is 23.4 Å². The number of allylic oxidation sites excluding steroid dienone is 1. The van der Waals surface area contributed by atoms with E-state index in [9.17, 15) is 9.59 Å². The van der Waals surface area contributed by atoms with Gasteiger partial charge in [-0.3, -0.25) is 9.36 Å². The summed E-state index contributed by atoms with van der Waals surface area (Å²) in [7, 11) is 3.09. The number of carbonyl (C=O) groups is 1. The lowest BCUT2D eigenvalue weighted by Gasteiger charge is -2.26. The van der Waals surface area contributed by atoms with Crippen LogP contribution < -0.4 is 24.4 Å². The Labute approximate surface area is 206 Å². The first-order chi connectivity index (χ1) is 15.9. The van der Waals surface area contributed by atoms with E-state index in [1.165, 1.54) is 23.0 Å². The highest BCUT2D eigenvalue weighted by molar-refractivity contribution is 14.1. The lowest BCUT2D eigenvalue weighted by Crippen LogP contribution is -2.40. The van der Waals surface area contributed by atoms with Crippen LogP contribution in [0.2, 0.25) is 0 Å². The molecule has 10 heteroatoms. The van der Waals surface area contributed by atoms with Crippen LogP contribution in [0.4, 0.5) is 0 Å². The zero-order valence-corrected chi connectivity index (χ0v) is 21.4. The molecule has 1 atom stereocenters. The number of methoxy groups -OCH3 is 2. The summed E-state index contributed by atoms with van der Waals surface area (Å²) in [4.78, 5) is 31.6. The summed E-state index contributed by atoms with van der Waals surface area (Å²) >= 11 is 3.29. The summed E-state index contributed by atoms with van der Waals surface area (Å²) in [6, 6.07) is 8.06. The fourth-order valence-corrected chi connectivity index (χ4v) is 5.13. The molecule has 4 rings (SSSR count). The van der Waals surface area contributed by atoms with Gasteiger partial charge in [-0.05, 0) is 66.8 Å². The van der Waals surface area contributed by atoms with Crippen LogP contribution in [0.3, 0.4) is 0 Å². The van der Waals surface area contributed by atoms with E-state index in [1.807, 2.05) is 6.07 Å². The summed E-state index contributed by atoms with van der Waals surface area (Å²) in [5.41, 5.74) is 1.04. The number of thiazole rings is 1. The summed E-state index contributed by atoms with van der Waals surface area (Å²) < 4.78 is 24.6. The number of aromatic nitrogens is 1. The molecule has 0 saturated carbocycles. The van der Waals surface area contributed by atoms with Gasteiger partial charge >= 0.3 is 5.97 Å². The topological polar surface area (TPSA) is 92.3 Å². The van der Waals surface area contributed by atoms with Crippen molar-refractivity contribution >= 4 is 46.0 Å². The quantitative estimate of drug-likeness (QED) is 0.329. The molecule has 172 valence electrons. The third-order valence-corrected chi connectivity index (χ3v) is 6.68. The van der Waals surface area contributed by atoms with Crippen molar-refractivity contribution in [3.05, 3.63) is 76.4 Å². The first-order valence-corrected chi connectivity index (χ1v) is 11.9. The fraction of sp³-hybridized carbons (Fsp3) is 0.261. The van der Waals surface area contributed by atoms with Gasteiger partial charge in [0, 0.05) is 11.6 Å². The normalized spacial score (nSPS) is 15.8. The van der Waals surface area contributed by atoms with E-state index in [0.29, 0.717) is 41.6 Å². The Kier molecular flexibility index (Phi) is 6.75. The van der Waals surface area contributed by atoms with Gasteiger partial charge in [0.15, 0.2) is 8.57 Å². The van der Waals surface area contributed by atoms with E-state index >= 15 is 0 Å². The van der Waals surface area contributed by atoms with Crippen molar-refractivity contribution in [1.82, 2.24) is 4.57 Å². The minimum absolute atomic E-state index is 0.194.